The van der Waals surface area contributed by atoms with Crippen LogP contribution in [-0.4, -0.2) is 45.8 Å². The summed E-state index contributed by atoms with van der Waals surface area (Å²) in [6, 6.07) is 14.2. The molecular formula is C27H29N7O3. The molecule has 1 aliphatic rings. The highest BCUT2D eigenvalue weighted by Gasteiger charge is 2.28. The number of nitrogens with one attached hydrogen (secondary N) is 1. The van der Waals surface area contributed by atoms with Crippen LogP contribution in [0.5, 0.6) is 5.75 Å². The molecule has 0 bridgehead atoms. The third-order valence-electron chi connectivity index (χ3n) is 5.74. The second-order valence-corrected chi connectivity index (χ2v) is 8.48. The van der Waals surface area contributed by atoms with Gasteiger partial charge < -0.3 is 30.9 Å². The van der Waals surface area contributed by atoms with E-state index in [1.807, 2.05) is 29.2 Å². The second kappa shape index (κ2) is 11.3. The van der Waals surface area contributed by atoms with Crippen LogP contribution in [0.3, 0.4) is 0 Å². The molecule has 0 aliphatic carbocycles. The number of para-hydroxylation sites is 2. The number of H-pyrrole nitrogens is 1. The van der Waals surface area contributed by atoms with Crippen molar-refractivity contribution in [2.24, 2.45) is 27.5 Å². The van der Waals surface area contributed by atoms with Crippen molar-refractivity contribution < 1.29 is 14.4 Å². The van der Waals surface area contributed by atoms with E-state index in [4.69, 9.17) is 21.0 Å². The standard InChI is InChI=1S/C27H29N7O3/c1-4-14-30-27(25(29)34-15-13-20(16-34)17(2)37-33-18(3)28)36-21-11-9-19(10-12-21)24(35)26-31-22-7-5-6-8-23(22)32-26/h4-12,14,20H,1-2,13,15-16,29H2,3H3,(H2,28,33)(H,31,32)/b27-25-,30-14-/t20-/m1/s1. The number of imidazole rings is 1. The minimum absolute atomic E-state index is 0.0230. The van der Waals surface area contributed by atoms with Crippen molar-refractivity contribution >= 4 is 28.9 Å². The lowest BCUT2D eigenvalue weighted by molar-refractivity contribution is 0.103. The number of benzene rings is 2. The summed E-state index contributed by atoms with van der Waals surface area (Å²) in [5.41, 5.74) is 14.0. The molecule has 0 unspecified atom stereocenters. The monoisotopic (exact) mass is 499 g/mol. The fourth-order valence-corrected chi connectivity index (χ4v) is 3.83. The average molecular weight is 500 g/mol. The molecule has 37 heavy (non-hydrogen) atoms. The molecular weight excluding hydrogens is 470 g/mol. The molecule has 0 amide bonds. The number of aromatic amines is 1. The van der Waals surface area contributed by atoms with Gasteiger partial charge in [-0.25, -0.2) is 9.98 Å². The van der Waals surface area contributed by atoms with Crippen molar-refractivity contribution in [1.29, 1.82) is 0 Å². The number of fused-ring (bicyclic) bond motifs is 1. The second-order valence-electron chi connectivity index (χ2n) is 8.48. The molecule has 4 rings (SSSR count). The summed E-state index contributed by atoms with van der Waals surface area (Å²) in [6.45, 7) is 10.5. The molecule has 190 valence electrons. The summed E-state index contributed by atoms with van der Waals surface area (Å²) in [6.07, 6.45) is 3.80. The van der Waals surface area contributed by atoms with Gasteiger partial charge in [-0.3, -0.25) is 4.79 Å². The zero-order valence-corrected chi connectivity index (χ0v) is 20.6. The molecule has 0 radical (unpaired) electrons. The highest BCUT2D eigenvalue weighted by molar-refractivity contribution is 6.08. The zero-order valence-electron chi connectivity index (χ0n) is 20.6. The maximum Gasteiger partial charge on any atom is 0.260 e. The van der Waals surface area contributed by atoms with Crippen molar-refractivity contribution in [3.8, 4) is 5.75 Å². The summed E-state index contributed by atoms with van der Waals surface area (Å²) in [5.74, 6) is 1.94. The Kier molecular flexibility index (Phi) is 7.68. The smallest absolute Gasteiger partial charge is 0.260 e. The Labute approximate surface area is 214 Å². The van der Waals surface area contributed by atoms with Gasteiger partial charge in [-0.05, 0) is 49.7 Å². The quantitative estimate of drug-likeness (QED) is 0.127. The number of ether oxygens (including phenoxy) is 1. The first-order chi connectivity index (χ1) is 17.9. The van der Waals surface area contributed by atoms with Crippen LogP contribution in [0.15, 0.2) is 95.4 Å². The molecule has 1 saturated heterocycles. The van der Waals surface area contributed by atoms with Crippen LogP contribution >= 0.6 is 0 Å². The third kappa shape index (κ3) is 6.04. The molecule has 1 atom stereocenters. The van der Waals surface area contributed by atoms with Gasteiger partial charge in [0.15, 0.2) is 11.6 Å². The molecule has 0 spiro atoms. The van der Waals surface area contributed by atoms with Crippen molar-refractivity contribution in [2.45, 2.75) is 13.3 Å². The predicted molar refractivity (Wildman–Crippen MR) is 144 cm³/mol. The van der Waals surface area contributed by atoms with E-state index in [-0.39, 0.29) is 23.4 Å². The first kappa shape index (κ1) is 25.2. The van der Waals surface area contributed by atoms with Crippen molar-refractivity contribution in [3.05, 3.63) is 96.6 Å². The van der Waals surface area contributed by atoms with E-state index in [1.54, 1.807) is 31.2 Å². The summed E-state index contributed by atoms with van der Waals surface area (Å²) in [7, 11) is 0. The predicted octanol–water partition coefficient (Wildman–Crippen LogP) is 3.66. The van der Waals surface area contributed by atoms with Crippen LogP contribution in [0.25, 0.3) is 11.0 Å². The lowest BCUT2D eigenvalue weighted by Crippen LogP contribution is -2.28. The molecule has 2 heterocycles. The van der Waals surface area contributed by atoms with Crippen molar-refractivity contribution in [3.63, 3.8) is 0 Å². The number of aromatic nitrogens is 2. The average Bonchev–Trinajstić information content (AvgIpc) is 3.57. The van der Waals surface area contributed by atoms with Gasteiger partial charge in [-0.15, -0.1) is 0 Å². The lowest BCUT2D eigenvalue weighted by Gasteiger charge is -2.20. The molecule has 0 saturated carbocycles. The van der Waals surface area contributed by atoms with Gasteiger partial charge in [0.05, 0.1) is 11.0 Å². The number of rotatable bonds is 10. The molecule has 1 fully saturated rings. The van der Waals surface area contributed by atoms with Gasteiger partial charge in [-0.2, -0.15) is 0 Å². The van der Waals surface area contributed by atoms with Gasteiger partial charge in [0.25, 0.3) is 5.88 Å². The number of aliphatic imine (C=N–C) groups is 1. The van der Waals surface area contributed by atoms with Gasteiger partial charge >= 0.3 is 0 Å². The minimum atomic E-state index is -0.220. The van der Waals surface area contributed by atoms with E-state index in [0.29, 0.717) is 41.8 Å². The highest BCUT2D eigenvalue weighted by atomic mass is 16.6. The number of nitrogens with zero attached hydrogens (tertiary/aromatic N) is 4. The van der Waals surface area contributed by atoms with Gasteiger partial charge in [0.1, 0.15) is 17.3 Å². The number of hydrogen-bond acceptors (Lipinski definition) is 8. The zero-order chi connectivity index (χ0) is 26.4. The number of oxime groups is 1. The Bertz CT molecular complexity index is 1370. The Morgan fingerprint density at radius 2 is 1.97 bits per heavy atom. The van der Waals surface area contributed by atoms with E-state index in [0.717, 1.165) is 17.5 Å². The maximum atomic E-state index is 12.9. The number of hydrogen-bond donors (Lipinski definition) is 3. The number of amidine groups is 1. The van der Waals surface area contributed by atoms with Crippen LogP contribution in [-0.2, 0) is 4.84 Å². The highest BCUT2D eigenvalue weighted by Crippen LogP contribution is 2.27. The molecule has 10 nitrogen and oxygen atoms in total. The number of allylic oxidation sites excluding steroid dienone is 1. The molecule has 1 aliphatic heterocycles. The Morgan fingerprint density at radius 3 is 2.68 bits per heavy atom. The van der Waals surface area contributed by atoms with E-state index in [9.17, 15) is 4.79 Å². The van der Waals surface area contributed by atoms with Crippen LogP contribution in [0.2, 0.25) is 0 Å². The van der Waals surface area contributed by atoms with E-state index < -0.39 is 0 Å². The Balaban J connectivity index is 1.48. The van der Waals surface area contributed by atoms with Gasteiger partial charge in [-0.1, -0.05) is 36.5 Å². The summed E-state index contributed by atoms with van der Waals surface area (Å²) in [4.78, 5) is 31.9. The number of carbonyl (C=O) groups excluding carboxylic acids is 1. The fraction of sp³-hybridized carbons (Fsp3) is 0.185. The molecule has 10 heteroatoms. The van der Waals surface area contributed by atoms with Crippen LogP contribution in [0, 0.1) is 5.92 Å². The van der Waals surface area contributed by atoms with Crippen LogP contribution in [0.1, 0.15) is 29.5 Å². The first-order valence-corrected chi connectivity index (χ1v) is 11.7. The maximum absolute atomic E-state index is 12.9. The molecule has 2 aromatic carbocycles. The van der Waals surface area contributed by atoms with Crippen molar-refractivity contribution in [2.75, 3.05) is 13.1 Å². The van der Waals surface area contributed by atoms with Gasteiger partial charge in [0.2, 0.25) is 5.78 Å². The normalized spacial score (nSPS) is 16.6. The molecule has 3 aromatic rings. The number of likely N-dealkylation sites (tertiary alicyclic amines) is 1. The summed E-state index contributed by atoms with van der Waals surface area (Å²) < 4.78 is 5.99. The van der Waals surface area contributed by atoms with E-state index in [2.05, 4.69) is 33.3 Å². The minimum Gasteiger partial charge on any atom is -0.436 e. The summed E-state index contributed by atoms with van der Waals surface area (Å²) >= 11 is 0. The number of ketones is 1. The van der Waals surface area contributed by atoms with Crippen LogP contribution in [0.4, 0.5) is 0 Å². The Hall–Kier alpha value is -4.86. The first-order valence-electron chi connectivity index (χ1n) is 11.7. The van der Waals surface area contributed by atoms with E-state index in [1.165, 1.54) is 12.3 Å². The topological polar surface area (TPSA) is 144 Å². The largest absolute Gasteiger partial charge is 0.436 e. The van der Waals surface area contributed by atoms with Gasteiger partial charge in [0, 0.05) is 30.8 Å². The SMILES string of the molecule is C=C/C=N\C(Oc1ccc(C(=O)c2nc3ccccc3[nH]2)cc1)=C(/N)N1CC[C@@H](C(=C)O/N=C(/C)N)C1. The van der Waals surface area contributed by atoms with Crippen molar-refractivity contribution in [1.82, 2.24) is 14.9 Å². The third-order valence-corrected chi connectivity index (χ3v) is 5.74. The van der Waals surface area contributed by atoms with E-state index >= 15 is 0 Å². The number of nitrogens with two attached hydrogens (primary N) is 2. The summed E-state index contributed by atoms with van der Waals surface area (Å²) in [5, 5.41) is 3.76. The fourth-order valence-electron chi connectivity index (χ4n) is 3.83. The Morgan fingerprint density at radius 1 is 1.22 bits per heavy atom. The molecule has 1 aromatic heterocycles. The molecule has 5 N–H and O–H groups in total. The number of carbonyl (C=O) groups is 1. The van der Waals surface area contributed by atoms with Crippen LogP contribution < -0.4 is 16.2 Å². The lowest BCUT2D eigenvalue weighted by atomic mass is 10.1.